The van der Waals surface area contributed by atoms with Crippen molar-refractivity contribution in [3.63, 3.8) is 0 Å². The minimum atomic E-state index is -0.180. The number of aromatic nitrogens is 2. The molecular weight excluding hydrogens is 294 g/mol. The van der Waals surface area contributed by atoms with Crippen LogP contribution in [0.1, 0.15) is 43.4 Å². The number of nitrogens with zero attached hydrogens (tertiary/aromatic N) is 2. The first-order valence-electron chi connectivity index (χ1n) is 7.63. The molecule has 1 aromatic heterocycles. The van der Waals surface area contributed by atoms with Gasteiger partial charge in [-0.25, -0.2) is 0 Å². The molecule has 1 unspecified atom stereocenters. The van der Waals surface area contributed by atoms with Gasteiger partial charge in [-0.05, 0) is 24.0 Å². The Morgan fingerprint density at radius 3 is 2.70 bits per heavy atom. The lowest BCUT2D eigenvalue weighted by Gasteiger charge is -2.31. The van der Waals surface area contributed by atoms with Gasteiger partial charge in [0.25, 0.3) is 5.91 Å². The van der Waals surface area contributed by atoms with Gasteiger partial charge in [-0.3, -0.25) is 4.79 Å². The van der Waals surface area contributed by atoms with E-state index in [4.69, 9.17) is 4.52 Å². The van der Waals surface area contributed by atoms with Crippen LogP contribution in [-0.4, -0.2) is 33.8 Å². The summed E-state index contributed by atoms with van der Waals surface area (Å²) < 4.78 is 4.97. The summed E-state index contributed by atoms with van der Waals surface area (Å²) in [6.07, 6.45) is 0.513. The van der Waals surface area contributed by atoms with Crippen molar-refractivity contribution in [2.45, 2.75) is 40.2 Å². The fourth-order valence-electron chi connectivity index (χ4n) is 2.31. The summed E-state index contributed by atoms with van der Waals surface area (Å²) in [7, 11) is 0. The van der Waals surface area contributed by atoms with Crippen molar-refractivity contribution in [1.29, 1.82) is 0 Å². The van der Waals surface area contributed by atoms with Crippen molar-refractivity contribution >= 4 is 5.91 Å². The fourth-order valence-corrected chi connectivity index (χ4v) is 2.31. The number of hydrogen-bond acceptors (Lipinski definition) is 5. The standard InChI is InChI=1S/C17H23N3O3/c1-11-18-15(20-23-11)12-6-5-7-13(10-12)16(22)19-14(8-9-21)17(2,3)4/h5-7,10,14,21H,8-9H2,1-4H3,(H,19,22). The molecule has 1 heterocycles. The zero-order valence-corrected chi connectivity index (χ0v) is 14.0. The number of aryl methyl sites for hydroxylation is 1. The Kier molecular flexibility index (Phi) is 5.15. The van der Waals surface area contributed by atoms with Crippen LogP contribution in [0, 0.1) is 12.3 Å². The largest absolute Gasteiger partial charge is 0.396 e. The Morgan fingerprint density at radius 1 is 1.39 bits per heavy atom. The van der Waals surface area contributed by atoms with Crippen molar-refractivity contribution in [1.82, 2.24) is 15.5 Å². The summed E-state index contributed by atoms with van der Waals surface area (Å²) in [5.41, 5.74) is 1.11. The minimum Gasteiger partial charge on any atom is -0.396 e. The van der Waals surface area contributed by atoms with Crippen molar-refractivity contribution in [3.05, 3.63) is 35.7 Å². The zero-order valence-electron chi connectivity index (χ0n) is 14.0. The average molecular weight is 317 g/mol. The molecule has 0 aliphatic carbocycles. The van der Waals surface area contributed by atoms with E-state index in [9.17, 15) is 9.90 Å². The molecule has 0 saturated heterocycles. The zero-order chi connectivity index (χ0) is 17.0. The predicted octanol–water partition coefficient (Wildman–Crippen LogP) is 2.57. The third-order valence-corrected chi connectivity index (χ3v) is 3.68. The summed E-state index contributed by atoms with van der Waals surface area (Å²) in [6.45, 7) is 7.85. The summed E-state index contributed by atoms with van der Waals surface area (Å²) in [5.74, 6) is 0.755. The molecule has 6 heteroatoms. The summed E-state index contributed by atoms with van der Waals surface area (Å²) >= 11 is 0. The third kappa shape index (κ3) is 4.39. The molecule has 2 aromatic rings. The van der Waals surface area contributed by atoms with Gasteiger partial charge in [0.05, 0.1) is 0 Å². The van der Waals surface area contributed by atoms with Crippen LogP contribution < -0.4 is 5.32 Å². The Hall–Kier alpha value is -2.21. The Labute approximate surface area is 135 Å². The summed E-state index contributed by atoms with van der Waals surface area (Å²) in [6, 6.07) is 6.98. The maximum absolute atomic E-state index is 12.5. The molecule has 23 heavy (non-hydrogen) atoms. The number of carbonyl (C=O) groups is 1. The number of nitrogens with one attached hydrogen (secondary N) is 1. The number of hydrogen-bond donors (Lipinski definition) is 2. The third-order valence-electron chi connectivity index (χ3n) is 3.68. The molecule has 0 saturated carbocycles. The molecule has 0 radical (unpaired) electrons. The van der Waals surface area contributed by atoms with Crippen molar-refractivity contribution in [2.75, 3.05) is 6.61 Å². The topological polar surface area (TPSA) is 88.2 Å². The molecule has 0 aliphatic rings. The smallest absolute Gasteiger partial charge is 0.251 e. The average Bonchev–Trinajstić information content (AvgIpc) is 2.92. The normalized spacial score (nSPS) is 12.9. The van der Waals surface area contributed by atoms with Crippen LogP contribution in [0.4, 0.5) is 0 Å². The quantitative estimate of drug-likeness (QED) is 0.885. The molecule has 2 N–H and O–H groups in total. The van der Waals surface area contributed by atoms with E-state index in [0.29, 0.717) is 23.7 Å². The van der Waals surface area contributed by atoms with E-state index in [1.165, 1.54) is 0 Å². The van der Waals surface area contributed by atoms with Gasteiger partial charge in [-0.15, -0.1) is 0 Å². The van der Waals surface area contributed by atoms with Gasteiger partial charge in [-0.1, -0.05) is 38.1 Å². The maximum Gasteiger partial charge on any atom is 0.251 e. The Morgan fingerprint density at radius 2 is 2.13 bits per heavy atom. The summed E-state index contributed by atoms with van der Waals surface area (Å²) in [4.78, 5) is 16.7. The van der Waals surface area contributed by atoms with Gasteiger partial charge in [0, 0.05) is 30.7 Å². The van der Waals surface area contributed by atoms with Gasteiger partial charge < -0.3 is 14.9 Å². The van der Waals surface area contributed by atoms with Crippen LogP contribution >= 0.6 is 0 Å². The van der Waals surface area contributed by atoms with Gasteiger partial charge in [-0.2, -0.15) is 4.98 Å². The SMILES string of the molecule is Cc1nc(-c2cccc(C(=O)NC(CCO)C(C)(C)C)c2)no1. The monoisotopic (exact) mass is 317 g/mol. The van der Waals surface area contributed by atoms with Gasteiger partial charge in [0.15, 0.2) is 0 Å². The van der Waals surface area contributed by atoms with E-state index >= 15 is 0 Å². The molecule has 6 nitrogen and oxygen atoms in total. The summed E-state index contributed by atoms with van der Waals surface area (Å²) in [5, 5.41) is 16.1. The fraction of sp³-hybridized carbons (Fsp3) is 0.471. The molecule has 0 bridgehead atoms. The van der Waals surface area contributed by atoms with Gasteiger partial charge in [0.2, 0.25) is 11.7 Å². The van der Waals surface area contributed by atoms with Crippen LogP contribution in [0.25, 0.3) is 11.4 Å². The van der Waals surface area contributed by atoms with E-state index in [0.717, 1.165) is 5.56 Å². The molecule has 0 spiro atoms. The Bertz CT molecular complexity index is 674. The van der Waals surface area contributed by atoms with E-state index in [1.807, 2.05) is 26.8 Å². The highest BCUT2D eigenvalue weighted by Crippen LogP contribution is 2.23. The molecule has 0 fully saturated rings. The lowest BCUT2D eigenvalue weighted by molar-refractivity contribution is 0.0885. The molecule has 2 rings (SSSR count). The van der Waals surface area contributed by atoms with Crippen molar-refractivity contribution in [2.24, 2.45) is 5.41 Å². The Balaban J connectivity index is 2.19. The molecule has 1 amide bonds. The highest BCUT2D eigenvalue weighted by molar-refractivity contribution is 5.95. The van der Waals surface area contributed by atoms with Crippen molar-refractivity contribution in [3.8, 4) is 11.4 Å². The highest BCUT2D eigenvalue weighted by atomic mass is 16.5. The number of aliphatic hydroxyl groups excluding tert-OH is 1. The number of benzene rings is 1. The van der Waals surface area contributed by atoms with Crippen LogP contribution in [0.2, 0.25) is 0 Å². The number of aliphatic hydroxyl groups is 1. The van der Waals surface area contributed by atoms with Crippen molar-refractivity contribution < 1.29 is 14.4 Å². The molecule has 1 atom stereocenters. The second kappa shape index (κ2) is 6.91. The molecule has 0 aliphatic heterocycles. The number of rotatable bonds is 5. The highest BCUT2D eigenvalue weighted by Gasteiger charge is 2.26. The lowest BCUT2D eigenvalue weighted by Crippen LogP contribution is -2.44. The molecule has 124 valence electrons. The predicted molar refractivity (Wildman–Crippen MR) is 86.9 cm³/mol. The van der Waals surface area contributed by atoms with Gasteiger partial charge >= 0.3 is 0 Å². The van der Waals surface area contributed by atoms with Crippen LogP contribution in [-0.2, 0) is 0 Å². The van der Waals surface area contributed by atoms with E-state index in [1.54, 1.807) is 25.1 Å². The molecule has 1 aromatic carbocycles. The minimum absolute atomic E-state index is 0.0321. The molecular formula is C17H23N3O3. The first-order chi connectivity index (χ1) is 10.8. The van der Waals surface area contributed by atoms with Crippen LogP contribution in [0.15, 0.2) is 28.8 Å². The number of amides is 1. The second-order valence-corrected chi connectivity index (χ2v) is 6.62. The maximum atomic E-state index is 12.5. The van der Waals surface area contributed by atoms with Crippen LogP contribution in [0.3, 0.4) is 0 Å². The van der Waals surface area contributed by atoms with E-state index < -0.39 is 0 Å². The first-order valence-corrected chi connectivity index (χ1v) is 7.63. The van der Waals surface area contributed by atoms with Crippen LogP contribution in [0.5, 0.6) is 0 Å². The lowest BCUT2D eigenvalue weighted by atomic mass is 9.84. The van der Waals surface area contributed by atoms with E-state index in [-0.39, 0.29) is 24.0 Å². The number of carbonyl (C=O) groups excluding carboxylic acids is 1. The second-order valence-electron chi connectivity index (χ2n) is 6.62. The first kappa shape index (κ1) is 17.1. The van der Waals surface area contributed by atoms with E-state index in [2.05, 4.69) is 15.5 Å². The van der Waals surface area contributed by atoms with Gasteiger partial charge in [0.1, 0.15) is 0 Å².